The van der Waals surface area contributed by atoms with E-state index in [1.807, 2.05) is 19.1 Å². The summed E-state index contributed by atoms with van der Waals surface area (Å²) in [7, 11) is 0. The molecule has 3 heteroatoms. The van der Waals surface area contributed by atoms with Crippen LogP contribution in [-0.2, 0) is 29.0 Å². The minimum atomic E-state index is -0.168. The second kappa shape index (κ2) is 6.00. The van der Waals surface area contributed by atoms with E-state index >= 15 is 0 Å². The molecule has 0 N–H and O–H groups in total. The zero-order chi connectivity index (χ0) is 14.7. The van der Waals surface area contributed by atoms with Crippen LogP contribution in [-0.4, -0.2) is 12.6 Å². The van der Waals surface area contributed by atoms with E-state index < -0.39 is 0 Å². The second-order valence-corrected chi connectivity index (χ2v) is 5.27. The maximum atomic E-state index is 11.5. The molecule has 0 bridgehead atoms. The van der Waals surface area contributed by atoms with Crippen LogP contribution >= 0.6 is 0 Å². The minimum absolute atomic E-state index is 0.168. The normalized spacial score (nSPS) is 13.1. The lowest BCUT2D eigenvalue weighted by atomic mass is 10.1. The van der Waals surface area contributed by atoms with Gasteiger partial charge in [0, 0.05) is 18.8 Å². The van der Waals surface area contributed by atoms with Crippen molar-refractivity contribution in [1.82, 2.24) is 0 Å². The van der Waals surface area contributed by atoms with E-state index in [-0.39, 0.29) is 5.97 Å². The molecule has 3 rings (SSSR count). The fourth-order valence-corrected chi connectivity index (χ4v) is 2.72. The molecular formula is C18H19NO2. The summed E-state index contributed by atoms with van der Waals surface area (Å²) < 4.78 is 4.97. The van der Waals surface area contributed by atoms with E-state index in [0.29, 0.717) is 13.0 Å². The van der Waals surface area contributed by atoms with Gasteiger partial charge in [0.2, 0.25) is 0 Å². The number of fused-ring (bicyclic) bond motifs is 1. The molecule has 0 radical (unpaired) electrons. The fourth-order valence-electron chi connectivity index (χ4n) is 2.72. The van der Waals surface area contributed by atoms with E-state index in [9.17, 15) is 4.79 Å². The molecule has 0 spiro atoms. The van der Waals surface area contributed by atoms with Gasteiger partial charge in [0.15, 0.2) is 0 Å². The molecule has 1 aliphatic heterocycles. The zero-order valence-corrected chi connectivity index (χ0v) is 12.2. The number of nitrogens with zero attached hydrogens (tertiary/aromatic N) is 1. The Hall–Kier alpha value is -2.29. The molecule has 108 valence electrons. The molecule has 0 saturated heterocycles. The molecule has 0 amide bonds. The quantitative estimate of drug-likeness (QED) is 0.805. The lowest BCUT2D eigenvalue weighted by molar-refractivity contribution is -0.142. The molecule has 0 atom stereocenters. The highest BCUT2D eigenvalue weighted by Crippen LogP contribution is 2.28. The van der Waals surface area contributed by atoms with Crippen molar-refractivity contribution in [2.24, 2.45) is 0 Å². The van der Waals surface area contributed by atoms with E-state index in [4.69, 9.17) is 4.74 Å². The van der Waals surface area contributed by atoms with Crippen LogP contribution in [0.15, 0.2) is 48.5 Å². The second-order valence-electron chi connectivity index (χ2n) is 5.27. The standard InChI is InChI=1S/C18H19NO2/c1-2-21-18(20)11-14-7-9-17(10-8-14)19-12-15-5-3-4-6-16(15)13-19/h3-10H,2,11-13H2,1H3. The SMILES string of the molecule is CCOC(=O)Cc1ccc(N2Cc3ccccc3C2)cc1. The van der Waals surface area contributed by atoms with Crippen molar-refractivity contribution in [2.45, 2.75) is 26.4 Å². The summed E-state index contributed by atoms with van der Waals surface area (Å²) in [5, 5.41) is 0. The average molecular weight is 281 g/mol. The van der Waals surface area contributed by atoms with Crippen LogP contribution in [0.1, 0.15) is 23.6 Å². The van der Waals surface area contributed by atoms with Crippen molar-refractivity contribution in [3.05, 3.63) is 65.2 Å². The molecule has 2 aromatic carbocycles. The lowest BCUT2D eigenvalue weighted by Gasteiger charge is -2.18. The molecule has 0 fully saturated rings. The van der Waals surface area contributed by atoms with Crippen molar-refractivity contribution in [3.8, 4) is 0 Å². The number of anilines is 1. The Kier molecular flexibility index (Phi) is 3.91. The Bertz CT molecular complexity index is 609. The fraction of sp³-hybridized carbons (Fsp3) is 0.278. The predicted molar refractivity (Wildman–Crippen MR) is 83.1 cm³/mol. The Labute approximate surface area is 125 Å². The Balaban J connectivity index is 1.67. The number of carbonyl (C=O) groups excluding carboxylic acids is 1. The first-order valence-electron chi connectivity index (χ1n) is 7.32. The Morgan fingerprint density at radius 2 is 1.67 bits per heavy atom. The molecule has 0 aromatic heterocycles. The summed E-state index contributed by atoms with van der Waals surface area (Å²) in [5.74, 6) is -0.168. The summed E-state index contributed by atoms with van der Waals surface area (Å²) in [6.45, 7) is 4.16. The maximum absolute atomic E-state index is 11.5. The van der Waals surface area contributed by atoms with E-state index in [0.717, 1.165) is 18.7 Å². The van der Waals surface area contributed by atoms with Crippen LogP contribution in [0.4, 0.5) is 5.69 Å². The molecule has 1 heterocycles. The third kappa shape index (κ3) is 3.07. The van der Waals surface area contributed by atoms with Gasteiger partial charge in [-0.2, -0.15) is 0 Å². The Morgan fingerprint density at radius 3 is 2.24 bits per heavy atom. The van der Waals surface area contributed by atoms with E-state index in [1.165, 1.54) is 16.8 Å². The summed E-state index contributed by atoms with van der Waals surface area (Å²) in [5.41, 5.74) is 4.98. The molecule has 21 heavy (non-hydrogen) atoms. The highest BCUT2D eigenvalue weighted by atomic mass is 16.5. The summed E-state index contributed by atoms with van der Waals surface area (Å²) in [6.07, 6.45) is 0.342. The number of rotatable bonds is 4. The number of carbonyl (C=O) groups is 1. The number of esters is 1. The predicted octanol–water partition coefficient (Wildman–Crippen LogP) is 3.31. The van der Waals surface area contributed by atoms with Gasteiger partial charge in [-0.1, -0.05) is 36.4 Å². The highest BCUT2D eigenvalue weighted by molar-refractivity contribution is 5.72. The van der Waals surface area contributed by atoms with Crippen molar-refractivity contribution in [2.75, 3.05) is 11.5 Å². The topological polar surface area (TPSA) is 29.5 Å². The van der Waals surface area contributed by atoms with Crippen LogP contribution < -0.4 is 4.90 Å². The third-order valence-corrected chi connectivity index (χ3v) is 3.80. The van der Waals surface area contributed by atoms with Crippen molar-refractivity contribution in [1.29, 1.82) is 0 Å². The van der Waals surface area contributed by atoms with Gasteiger partial charge in [-0.15, -0.1) is 0 Å². The molecular weight excluding hydrogens is 262 g/mol. The number of hydrogen-bond acceptors (Lipinski definition) is 3. The van der Waals surface area contributed by atoms with Crippen LogP contribution in [0.5, 0.6) is 0 Å². The third-order valence-electron chi connectivity index (χ3n) is 3.80. The lowest BCUT2D eigenvalue weighted by Crippen LogP contribution is -2.14. The number of benzene rings is 2. The van der Waals surface area contributed by atoms with Gasteiger partial charge in [0.05, 0.1) is 13.0 Å². The first-order chi connectivity index (χ1) is 10.3. The molecule has 3 nitrogen and oxygen atoms in total. The van der Waals surface area contributed by atoms with Gasteiger partial charge in [0.25, 0.3) is 0 Å². The molecule has 0 unspecified atom stereocenters. The summed E-state index contributed by atoms with van der Waals surface area (Å²) in [4.78, 5) is 13.8. The number of ether oxygens (including phenoxy) is 1. The van der Waals surface area contributed by atoms with Gasteiger partial charge >= 0.3 is 5.97 Å². The van der Waals surface area contributed by atoms with Gasteiger partial charge < -0.3 is 9.64 Å². The van der Waals surface area contributed by atoms with Crippen molar-refractivity contribution in [3.63, 3.8) is 0 Å². The van der Waals surface area contributed by atoms with Crippen LogP contribution in [0.25, 0.3) is 0 Å². The van der Waals surface area contributed by atoms with Gasteiger partial charge in [-0.3, -0.25) is 4.79 Å². The number of hydrogen-bond donors (Lipinski definition) is 0. The molecule has 1 aliphatic rings. The Morgan fingerprint density at radius 1 is 1.05 bits per heavy atom. The zero-order valence-electron chi connectivity index (χ0n) is 12.2. The van der Waals surface area contributed by atoms with Crippen LogP contribution in [0, 0.1) is 0 Å². The maximum Gasteiger partial charge on any atom is 0.310 e. The van der Waals surface area contributed by atoms with E-state index in [2.05, 4.69) is 41.3 Å². The smallest absolute Gasteiger partial charge is 0.310 e. The summed E-state index contributed by atoms with van der Waals surface area (Å²) in [6, 6.07) is 16.7. The van der Waals surface area contributed by atoms with E-state index in [1.54, 1.807) is 0 Å². The van der Waals surface area contributed by atoms with Gasteiger partial charge in [-0.25, -0.2) is 0 Å². The monoisotopic (exact) mass is 281 g/mol. The van der Waals surface area contributed by atoms with Crippen molar-refractivity contribution < 1.29 is 9.53 Å². The average Bonchev–Trinajstić information content (AvgIpc) is 2.92. The van der Waals surface area contributed by atoms with Gasteiger partial charge in [0.1, 0.15) is 0 Å². The first kappa shape index (κ1) is 13.7. The highest BCUT2D eigenvalue weighted by Gasteiger charge is 2.18. The van der Waals surface area contributed by atoms with Crippen LogP contribution in [0.2, 0.25) is 0 Å². The minimum Gasteiger partial charge on any atom is -0.466 e. The summed E-state index contributed by atoms with van der Waals surface area (Å²) >= 11 is 0. The molecule has 0 saturated carbocycles. The van der Waals surface area contributed by atoms with Crippen LogP contribution in [0.3, 0.4) is 0 Å². The molecule has 2 aromatic rings. The largest absolute Gasteiger partial charge is 0.466 e. The van der Waals surface area contributed by atoms with Crippen molar-refractivity contribution >= 4 is 11.7 Å². The molecule has 0 aliphatic carbocycles. The van der Waals surface area contributed by atoms with Gasteiger partial charge in [-0.05, 0) is 35.7 Å². The first-order valence-corrected chi connectivity index (χ1v) is 7.32.